The van der Waals surface area contributed by atoms with Crippen LogP contribution in [0.15, 0.2) is 35.6 Å². The van der Waals surface area contributed by atoms with Crippen LogP contribution in [-0.2, 0) is 13.5 Å². The summed E-state index contributed by atoms with van der Waals surface area (Å²) in [4.78, 5) is 4.94. The topological polar surface area (TPSA) is 41.9 Å². The lowest BCUT2D eigenvalue weighted by Crippen LogP contribution is -2.32. The Kier molecular flexibility index (Phi) is 5.80. The molecule has 1 saturated heterocycles. The normalized spacial score (nSPS) is 25.1. The number of imidazole rings is 1. The van der Waals surface area contributed by atoms with Gasteiger partial charge >= 0.3 is 0 Å². The van der Waals surface area contributed by atoms with Gasteiger partial charge < -0.3 is 15.2 Å². The van der Waals surface area contributed by atoms with Gasteiger partial charge in [-0.2, -0.15) is 8.78 Å². The fourth-order valence-corrected chi connectivity index (χ4v) is 5.05. The fourth-order valence-electron chi connectivity index (χ4n) is 4.49. The Bertz CT molecular complexity index is 779. The van der Waals surface area contributed by atoms with Gasteiger partial charge in [-0.3, -0.25) is 0 Å². The number of hydrogen-bond acceptors (Lipinski definition) is 4. The molecule has 146 valence electrons. The summed E-state index contributed by atoms with van der Waals surface area (Å²) >= 11 is 0.636. The average molecular weight is 393 g/mol. The van der Waals surface area contributed by atoms with Gasteiger partial charge in [0.1, 0.15) is 0 Å². The lowest BCUT2D eigenvalue weighted by Gasteiger charge is -2.29. The third-order valence-electron chi connectivity index (χ3n) is 5.85. The van der Waals surface area contributed by atoms with Gasteiger partial charge in [-0.15, -0.1) is 0 Å². The minimum atomic E-state index is -2.36. The van der Waals surface area contributed by atoms with E-state index in [-0.39, 0.29) is 0 Å². The molecule has 3 atom stereocenters. The van der Waals surface area contributed by atoms with Gasteiger partial charge in [-0.25, -0.2) is 4.98 Å². The molecule has 2 heterocycles. The highest BCUT2D eigenvalue weighted by atomic mass is 32.2. The number of nitrogens with one attached hydrogen (secondary N) is 2. The van der Waals surface area contributed by atoms with Crippen LogP contribution in [0.4, 0.5) is 8.78 Å². The van der Waals surface area contributed by atoms with Crippen molar-refractivity contribution in [3.8, 4) is 0 Å². The molecule has 2 aliphatic rings. The van der Waals surface area contributed by atoms with Crippen LogP contribution in [0.5, 0.6) is 0 Å². The molecule has 1 fully saturated rings. The van der Waals surface area contributed by atoms with Crippen molar-refractivity contribution in [3.05, 3.63) is 47.5 Å². The van der Waals surface area contributed by atoms with Crippen molar-refractivity contribution >= 4 is 11.8 Å². The van der Waals surface area contributed by atoms with Crippen molar-refractivity contribution in [1.82, 2.24) is 20.2 Å². The average Bonchev–Trinajstić information content (AvgIpc) is 3.27. The van der Waals surface area contributed by atoms with E-state index in [1.165, 1.54) is 16.8 Å². The maximum atomic E-state index is 12.6. The summed E-state index contributed by atoms with van der Waals surface area (Å²) in [7, 11) is 2.05. The van der Waals surface area contributed by atoms with Crippen LogP contribution in [0.2, 0.25) is 0 Å². The van der Waals surface area contributed by atoms with Crippen molar-refractivity contribution in [2.75, 3.05) is 19.6 Å². The lowest BCUT2D eigenvalue weighted by atomic mass is 9.86. The Morgan fingerprint density at radius 2 is 2.26 bits per heavy atom. The smallest absolute Gasteiger partial charge is 0.288 e. The summed E-state index contributed by atoms with van der Waals surface area (Å²) in [6.45, 7) is 2.94. The van der Waals surface area contributed by atoms with Crippen LogP contribution in [-0.4, -0.2) is 34.9 Å². The van der Waals surface area contributed by atoms with Crippen LogP contribution in [0.3, 0.4) is 0 Å². The van der Waals surface area contributed by atoms with Gasteiger partial charge in [0.25, 0.3) is 5.76 Å². The lowest BCUT2D eigenvalue weighted by molar-refractivity contribution is 0.252. The van der Waals surface area contributed by atoms with E-state index in [4.69, 9.17) is 0 Å². The molecular formula is C20H26F2N4S. The first-order valence-electron chi connectivity index (χ1n) is 9.59. The van der Waals surface area contributed by atoms with Crippen LogP contribution >= 0.6 is 11.8 Å². The number of nitrogens with zero attached hydrogens (tertiary/aromatic N) is 2. The summed E-state index contributed by atoms with van der Waals surface area (Å²) in [5.41, 5.74) is 3.78. The van der Waals surface area contributed by atoms with Crippen LogP contribution in [0.1, 0.15) is 41.6 Å². The zero-order valence-corrected chi connectivity index (χ0v) is 16.3. The van der Waals surface area contributed by atoms with E-state index in [9.17, 15) is 8.78 Å². The third kappa shape index (κ3) is 4.20. The molecule has 1 aliphatic heterocycles. The van der Waals surface area contributed by atoms with Gasteiger partial charge in [-0.1, -0.05) is 17.8 Å². The molecule has 0 bridgehead atoms. The molecule has 4 nitrogen and oxygen atoms in total. The van der Waals surface area contributed by atoms with E-state index < -0.39 is 5.76 Å². The number of thioether (sulfide) groups is 1. The number of benzene rings is 1. The van der Waals surface area contributed by atoms with Gasteiger partial charge in [0.15, 0.2) is 0 Å². The fraction of sp³-hybridized carbons (Fsp3) is 0.550. The minimum absolute atomic E-state index is 0.312. The van der Waals surface area contributed by atoms with Crippen molar-refractivity contribution in [1.29, 1.82) is 0 Å². The van der Waals surface area contributed by atoms with E-state index in [0.717, 1.165) is 38.9 Å². The number of aromatic nitrogens is 2. The molecule has 1 unspecified atom stereocenters. The Morgan fingerprint density at radius 1 is 1.37 bits per heavy atom. The molecule has 0 amide bonds. The standard InChI is InChI=1S/C20H26F2N4S/c1-26-12-24-11-19(26)17-10-23-8-14(17)9-25-18-4-2-3-13-7-15(27-20(21)22)5-6-16(13)18/h5-7,11-12,14,17-18,20,23,25H,2-4,8-10H2,1H3/t14-,17+,18?/m0/s1. The Hall–Kier alpha value is -1.44. The van der Waals surface area contributed by atoms with Gasteiger partial charge in [0.05, 0.1) is 6.33 Å². The number of alkyl halides is 2. The second-order valence-corrected chi connectivity index (χ2v) is 8.61. The van der Waals surface area contributed by atoms with Crippen molar-refractivity contribution in [3.63, 3.8) is 0 Å². The quantitative estimate of drug-likeness (QED) is 0.736. The highest BCUT2D eigenvalue weighted by molar-refractivity contribution is 7.99. The first kappa shape index (κ1) is 18.9. The highest BCUT2D eigenvalue weighted by Crippen LogP contribution is 2.35. The van der Waals surface area contributed by atoms with E-state index in [1.807, 2.05) is 30.7 Å². The van der Waals surface area contributed by atoms with E-state index in [2.05, 4.69) is 27.2 Å². The monoisotopic (exact) mass is 392 g/mol. The van der Waals surface area contributed by atoms with E-state index in [0.29, 0.717) is 34.5 Å². The highest BCUT2D eigenvalue weighted by Gasteiger charge is 2.31. The molecule has 0 radical (unpaired) electrons. The van der Waals surface area contributed by atoms with Crippen LogP contribution in [0.25, 0.3) is 0 Å². The summed E-state index contributed by atoms with van der Waals surface area (Å²) in [6, 6.07) is 6.15. The predicted octanol–water partition coefficient (Wildman–Crippen LogP) is 3.71. The SMILES string of the molecule is Cn1cncc1[C@@H]1CNC[C@H]1CNC1CCCc2cc(SC(F)F)ccc21. The summed E-state index contributed by atoms with van der Waals surface area (Å²) in [5, 5.41) is 7.28. The molecule has 2 N–H and O–H groups in total. The van der Waals surface area contributed by atoms with Gasteiger partial charge in [-0.05, 0) is 55.0 Å². The number of fused-ring (bicyclic) bond motifs is 1. The number of hydrogen-bond donors (Lipinski definition) is 2. The number of halogens is 2. The van der Waals surface area contributed by atoms with Gasteiger partial charge in [0, 0.05) is 48.9 Å². The molecule has 1 aromatic heterocycles. The first-order valence-corrected chi connectivity index (χ1v) is 10.5. The van der Waals surface area contributed by atoms with E-state index >= 15 is 0 Å². The number of rotatable bonds is 6. The number of aryl methyl sites for hydroxylation is 2. The predicted molar refractivity (Wildman–Crippen MR) is 104 cm³/mol. The zero-order chi connectivity index (χ0) is 18.8. The van der Waals surface area contributed by atoms with Crippen molar-refractivity contribution in [2.24, 2.45) is 13.0 Å². The molecule has 4 rings (SSSR count). The summed E-state index contributed by atoms with van der Waals surface area (Å²) in [5.74, 6) is -1.36. The minimum Gasteiger partial charge on any atom is -0.337 e. The second kappa shape index (κ2) is 8.29. The molecule has 0 saturated carbocycles. The summed E-state index contributed by atoms with van der Waals surface area (Å²) in [6.07, 6.45) is 7.02. The molecule has 27 heavy (non-hydrogen) atoms. The molecule has 0 spiro atoms. The van der Waals surface area contributed by atoms with Crippen LogP contribution < -0.4 is 10.6 Å². The molecule has 1 aromatic carbocycles. The molecular weight excluding hydrogens is 366 g/mol. The maximum Gasteiger partial charge on any atom is 0.288 e. The Labute approximate surface area is 163 Å². The van der Waals surface area contributed by atoms with E-state index in [1.54, 1.807) is 0 Å². The maximum absolute atomic E-state index is 12.6. The van der Waals surface area contributed by atoms with Crippen molar-refractivity contribution in [2.45, 2.75) is 41.9 Å². The molecule has 1 aliphatic carbocycles. The Morgan fingerprint density at radius 3 is 3.04 bits per heavy atom. The second-order valence-electron chi connectivity index (χ2n) is 7.55. The van der Waals surface area contributed by atoms with Crippen LogP contribution in [0, 0.1) is 5.92 Å². The molecule has 7 heteroatoms. The largest absolute Gasteiger partial charge is 0.337 e. The molecule has 2 aromatic rings. The zero-order valence-electron chi connectivity index (χ0n) is 15.5. The summed E-state index contributed by atoms with van der Waals surface area (Å²) < 4.78 is 27.4. The Balaban J connectivity index is 1.43. The van der Waals surface area contributed by atoms with Gasteiger partial charge in [0.2, 0.25) is 0 Å². The third-order valence-corrected chi connectivity index (χ3v) is 6.56. The first-order chi connectivity index (χ1) is 13.1. The van der Waals surface area contributed by atoms with Crippen molar-refractivity contribution < 1.29 is 8.78 Å².